The maximum absolute atomic E-state index is 12.6. The van der Waals surface area contributed by atoms with Crippen LogP contribution in [0.5, 0.6) is 0 Å². The van der Waals surface area contributed by atoms with Crippen molar-refractivity contribution in [3.05, 3.63) is 48.0 Å². The molecular weight excluding hydrogens is 321 g/mol. The molecule has 0 radical (unpaired) electrons. The largest absolute Gasteiger partial charge is 0.435 e. The molecule has 0 saturated carbocycles. The normalized spacial score (nSPS) is 13.4. The molecule has 0 aliphatic heterocycles. The summed E-state index contributed by atoms with van der Waals surface area (Å²) < 4.78 is 39.5. The first-order chi connectivity index (χ1) is 11.4. The van der Waals surface area contributed by atoms with Crippen molar-refractivity contribution in [3.63, 3.8) is 0 Å². The van der Waals surface area contributed by atoms with Gasteiger partial charge in [-0.2, -0.15) is 13.2 Å². The van der Waals surface area contributed by atoms with Gasteiger partial charge in [-0.3, -0.25) is 4.40 Å². The van der Waals surface area contributed by atoms with Gasteiger partial charge >= 0.3 is 6.18 Å². The molecule has 1 unspecified atom stereocenters. The average Bonchev–Trinajstić information content (AvgIpc) is 2.96. The first-order valence-electron chi connectivity index (χ1n) is 7.33. The molecule has 3 aromatic rings. The summed E-state index contributed by atoms with van der Waals surface area (Å²) in [6.45, 7) is 3.94. The molecule has 1 N–H and O–H groups in total. The number of halogens is 3. The quantitative estimate of drug-likeness (QED) is 0.791. The summed E-state index contributed by atoms with van der Waals surface area (Å²) in [5.74, 6) is 0.998. The monoisotopic (exact) mass is 336 g/mol. The van der Waals surface area contributed by atoms with Crippen LogP contribution >= 0.6 is 0 Å². The third-order valence-corrected chi connectivity index (χ3v) is 3.54. The van der Waals surface area contributed by atoms with Crippen LogP contribution in [0.2, 0.25) is 0 Å². The predicted octanol–water partition coefficient (Wildman–Crippen LogP) is 3.35. The fourth-order valence-electron chi connectivity index (χ4n) is 2.32. The number of aromatic nitrogens is 5. The second kappa shape index (κ2) is 6.06. The lowest BCUT2D eigenvalue weighted by Crippen LogP contribution is -2.21. The molecule has 0 aromatic carbocycles. The fourth-order valence-corrected chi connectivity index (χ4v) is 2.32. The minimum atomic E-state index is -4.51. The minimum absolute atomic E-state index is 0.0988. The van der Waals surface area contributed by atoms with Crippen LogP contribution in [0.4, 0.5) is 19.0 Å². The number of anilines is 1. The van der Waals surface area contributed by atoms with E-state index < -0.39 is 11.9 Å². The van der Waals surface area contributed by atoms with Gasteiger partial charge in [0, 0.05) is 6.20 Å². The summed E-state index contributed by atoms with van der Waals surface area (Å²) in [6, 6.07) is 7.41. The van der Waals surface area contributed by atoms with Crippen LogP contribution < -0.4 is 5.32 Å². The number of pyridine rings is 1. The average molecular weight is 336 g/mol. The maximum atomic E-state index is 12.6. The van der Waals surface area contributed by atoms with E-state index in [0.29, 0.717) is 11.5 Å². The zero-order valence-electron chi connectivity index (χ0n) is 13.0. The topological polar surface area (TPSA) is 68.0 Å². The molecular formula is C15H15F3N6. The fraction of sp³-hybridized carbons (Fsp3) is 0.333. The molecule has 0 aliphatic carbocycles. The van der Waals surface area contributed by atoms with Crippen molar-refractivity contribution < 1.29 is 13.2 Å². The predicted molar refractivity (Wildman–Crippen MR) is 81.2 cm³/mol. The molecule has 24 heavy (non-hydrogen) atoms. The SMILES string of the molecule is CC(C)C(Nc1ccc(C(F)(F)F)nn1)c1nnc2ccccn12. The number of hydrogen-bond acceptors (Lipinski definition) is 5. The summed E-state index contributed by atoms with van der Waals surface area (Å²) in [6.07, 6.45) is -2.67. The van der Waals surface area contributed by atoms with Gasteiger partial charge in [-0.25, -0.2) is 0 Å². The van der Waals surface area contributed by atoms with E-state index in [0.717, 1.165) is 6.07 Å². The molecule has 1 atom stereocenters. The van der Waals surface area contributed by atoms with Crippen LogP contribution in [-0.2, 0) is 6.18 Å². The summed E-state index contributed by atoms with van der Waals surface area (Å²) in [7, 11) is 0. The smallest absolute Gasteiger partial charge is 0.358 e. The Kier molecular flexibility index (Phi) is 4.08. The van der Waals surface area contributed by atoms with Crippen LogP contribution in [0.3, 0.4) is 0 Å². The Morgan fingerprint density at radius 1 is 1.00 bits per heavy atom. The number of hydrogen-bond donors (Lipinski definition) is 1. The number of nitrogens with zero attached hydrogens (tertiary/aromatic N) is 5. The van der Waals surface area contributed by atoms with Crippen LogP contribution in [0.25, 0.3) is 5.65 Å². The van der Waals surface area contributed by atoms with Gasteiger partial charge in [0.15, 0.2) is 17.2 Å². The highest BCUT2D eigenvalue weighted by Crippen LogP contribution is 2.28. The Labute approximate surface area is 135 Å². The lowest BCUT2D eigenvalue weighted by atomic mass is 10.0. The van der Waals surface area contributed by atoms with Gasteiger partial charge in [0.05, 0.1) is 6.04 Å². The first kappa shape index (κ1) is 16.2. The van der Waals surface area contributed by atoms with E-state index in [1.165, 1.54) is 6.07 Å². The van der Waals surface area contributed by atoms with E-state index in [1.54, 1.807) is 0 Å². The van der Waals surface area contributed by atoms with E-state index in [9.17, 15) is 13.2 Å². The highest BCUT2D eigenvalue weighted by molar-refractivity contribution is 5.41. The van der Waals surface area contributed by atoms with Crippen molar-refractivity contribution in [2.45, 2.75) is 26.1 Å². The third kappa shape index (κ3) is 3.15. The molecule has 0 spiro atoms. The van der Waals surface area contributed by atoms with E-state index in [1.807, 2.05) is 42.6 Å². The number of nitrogens with one attached hydrogen (secondary N) is 1. The summed E-state index contributed by atoms with van der Waals surface area (Å²) >= 11 is 0. The molecule has 126 valence electrons. The summed E-state index contributed by atoms with van der Waals surface area (Å²) in [5.41, 5.74) is -0.333. The molecule has 9 heteroatoms. The molecule has 0 bridgehead atoms. The Balaban J connectivity index is 1.90. The van der Waals surface area contributed by atoms with Crippen LogP contribution in [0, 0.1) is 5.92 Å². The van der Waals surface area contributed by atoms with Gasteiger partial charge in [-0.1, -0.05) is 19.9 Å². The minimum Gasteiger partial charge on any atom is -0.358 e. The van der Waals surface area contributed by atoms with E-state index in [-0.39, 0.29) is 17.8 Å². The molecule has 0 aliphatic rings. The van der Waals surface area contributed by atoms with Gasteiger partial charge in [0.2, 0.25) is 0 Å². The number of fused-ring (bicyclic) bond motifs is 1. The Morgan fingerprint density at radius 2 is 1.79 bits per heavy atom. The van der Waals surface area contributed by atoms with Crippen LogP contribution in [0.1, 0.15) is 31.4 Å². The number of rotatable bonds is 4. The van der Waals surface area contributed by atoms with Crippen LogP contribution in [-0.4, -0.2) is 24.8 Å². The second-order valence-corrected chi connectivity index (χ2v) is 5.65. The highest BCUT2D eigenvalue weighted by atomic mass is 19.4. The van der Waals surface area contributed by atoms with Crippen molar-refractivity contribution in [1.29, 1.82) is 0 Å². The Bertz CT molecular complexity index is 825. The van der Waals surface area contributed by atoms with Crippen molar-refractivity contribution in [2.24, 2.45) is 5.92 Å². The van der Waals surface area contributed by atoms with Crippen molar-refractivity contribution in [1.82, 2.24) is 24.8 Å². The van der Waals surface area contributed by atoms with E-state index >= 15 is 0 Å². The van der Waals surface area contributed by atoms with Gasteiger partial charge in [-0.15, -0.1) is 20.4 Å². The molecule has 0 fully saturated rings. The Morgan fingerprint density at radius 3 is 2.42 bits per heavy atom. The first-order valence-corrected chi connectivity index (χ1v) is 7.33. The van der Waals surface area contributed by atoms with Gasteiger partial charge in [-0.05, 0) is 30.2 Å². The zero-order chi connectivity index (χ0) is 17.3. The molecule has 0 saturated heterocycles. The van der Waals surface area contributed by atoms with Crippen molar-refractivity contribution in [2.75, 3.05) is 5.32 Å². The molecule has 3 heterocycles. The lowest BCUT2D eigenvalue weighted by molar-refractivity contribution is -0.141. The van der Waals surface area contributed by atoms with Crippen LogP contribution in [0.15, 0.2) is 36.5 Å². The highest BCUT2D eigenvalue weighted by Gasteiger charge is 2.33. The van der Waals surface area contributed by atoms with Gasteiger partial charge in [0.1, 0.15) is 5.82 Å². The maximum Gasteiger partial charge on any atom is 0.435 e. The van der Waals surface area contributed by atoms with Crippen molar-refractivity contribution >= 4 is 11.5 Å². The van der Waals surface area contributed by atoms with Gasteiger partial charge < -0.3 is 5.32 Å². The van der Waals surface area contributed by atoms with Crippen molar-refractivity contribution in [3.8, 4) is 0 Å². The lowest BCUT2D eigenvalue weighted by Gasteiger charge is -2.21. The molecule has 3 aromatic heterocycles. The van der Waals surface area contributed by atoms with E-state index in [4.69, 9.17) is 0 Å². The standard InChI is InChI=1S/C15H15F3N6/c1-9(2)13(14-23-22-12-5-3-4-8-24(12)14)19-11-7-6-10(20-21-11)15(16,17)18/h3-9,13H,1-2H3,(H,19,21). The summed E-state index contributed by atoms with van der Waals surface area (Å²) in [4.78, 5) is 0. The summed E-state index contributed by atoms with van der Waals surface area (Å²) in [5, 5.41) is 18.2. The van der Waals surface area contributed by atoms with E-state index in [2.05, 4.69) is 25.7 Å². The second-order valence-electron chi connectivity index (χ2n) is 5.65. The van der Waals surface area contributed by atoms with Gasteiger partial charge in [0.25, 0.3) is 0 Å². The molecule has 3 rings (SSSR count). The Hall–Kier alpha value is -2.71. The number of alkyl halides is 3. The molecule has 6 nitrogen and oxygen atoms in total. The third-order valence-electron chi connectivity index (χ3n) is 3.54. The zero-order valence-corrected chi connectivity index (χ0v) is 13.0. The molecule has 0 amide bonds.